The van der Waals surface area contributed by atoms with Crippen LogP contribution in [0.1, 0.15) is 26.2 Å². The van der Waals surface area contributed by atoms with Gasteiger partial charge in [0.25, 0.3) is 0 Å². The van der Waals surface area contributed by atoms with Crippen LogP contribution in [0.25, 0.3) is 0 Å². The Hall–Kier alpha value is -0.120. The Morgan fingerprint density at radius 3 is 2.18 bits per heavy atom. The average molecular weight is 161 g/mol. The molecule has 3 nitrogen and oxygen atoms in total. The molecule has 68 valence electrons. The van der Waals surface area contributed by atoms with Crippen LogP contribution in [0.3, 0.4) is 0 Å². The largest absolute Gasteiger partial charge is 0.381 e. The highest BCUT2D eigenvalue weighted by Crippen LogP contribution is 1.91. The van der Waals surface area contributed by atoms with Crippen molar-refractivity contribution in [3.8, 4) is 0 Å². The topological polar surface area (TPSA) is 44.5 Å². The smallest absolute Gasteiger partial charge is 0.0940 e. The molecule has 0 aliphatic rings. The van der Waals surface area contributed by atoms with Crippen LogP contribution in [-0.4, -0.2) is 26.6 Å². The molecular formula is C8H19NO2. The fourth-order valence-electron chi connectivity index (χ4n) is 0.738. The predicted octanol–water partition coefficient (Wildman–Crippen LogP) is 1.13. The molecule has 3 heteroatoms. The zero-order valence-electron chi connectivity index (χ0n) is 7.34. The van der Waals surface area contributed by atoms with E-state index in [4.69, 9.17) is 15.2 Å². The van der Waals surface area contributed by atoms with E-state index in [0.717, 1.165) is 39.1 Å². The van der Waals surface area contributed by atoms with Gasteiger partial charge in [-0.2, -0.15) is 0 Å². The van der Waals surface area contributed by atoms with Crippen LogP contribution in [0.5, 0.6) is 0 Å². The minimum absolute atomic E-state index is 0.329. The number of unbranched alkanes of at least 4 members (excludes halogenated alkanes) is 1. The van der Waals surface area contributed by atoms with Crippen molar-refractivity contribution in [2.75, 3.05) is 26.6 Å². The zero-order valence-corrected chi connectivity index (χ0v) is 7.34. The fraction of sp³-hybridized carbons (Fsp3) is 1.00. The van der Waals surface area contributed by atoms with Gasteiger partial charge in [-0.05, 0) is 19.3 Å². The van der Waals surface area contributed by atoms with Gasteiger partial charge in [-0.25, -0.2) is 0 Å². The molecule has 0 aromatic heterocycles. The Balaban J connectivity index is 2.69. The van der Waals surface area contributed by atoms with Crippen molar-refractivity contribution < 1.29 is 9.47 Å². The molecular weight excluding hydrogens is 142 g/mol. The Morgan fingerprint density at radius 2 is 1.64 bits per heavy atom. The third kappa shape index (κ3) is 9.88. The molecule has 0 radical (unpaired) electrons. The van der Waals surface area contributed by atoms with Gasteiger partial charge in [0.05, 0.1) is 6.73 Å². The quantitative estimate of drug-likeness (QED) is 0.428. The molecule has 0 rings (SSSR count). The first kappa shape index (κ1) is 10.9. The van der Waals surface area contributed by atoms with Crippen LogP contribution in [0.15, 0.2) is 0 Å². The average Bonchev–Trinajstić information content (AvgIpc) is 2.03. The molecule has 0 aliphatic heterocycles. The minimum atomic E-state index is 0.329. The van der Waals surface area contributed by atoms with Crippen LogP contribution in [0, 0.1) is 0 Å². The second-order valence-electron chi connectivity index (χ2n) is 2.39. The highest BCUT2D eigenvalue weighted by molar-refractivity contribution is 4.37. The Morgan fingerprint density at radius 1 is 1.00 bits per heavy atom. The number of nitrogens with two attached hydrogens (primary N) is 1. The van der Waals surface area contributed by atoms with Crippen molar-refractivity contribution >= 4 is 0 Å². The summed E-state index contributed by atoms with van der Waals surface area (Å²) in [4.78, 5) is 0. The van der Waals surface area contributed by atoms with Gasteiger partial charge in [-0.15, -0.1) is 0 Å². The maximum absolute atomic E-state index is 5.28. The standard InChI is InChI=1S/C8H19NO2/c1-2-5-10-6-3-4-7-11-8-9/h2-9H2,1H3. The van der Waals surface area contributed by atoms with E-state index in [2.05, 4.69) is 6.92 Å². The second-order valence-corrected chi connectivity index (χ2v) is 2.39. The molecule has 0 saturated carbocycles. The van der Waals surface area contributed by atoms with Gasteiger partial charge in [-0.3, -0.25) is 0 Å². The monoisotopic (exact) mass is 161 g/mol. The molecule has 0 aromatic rings. The third-order valence-corrected chi connectivity index (χ3v) is 1.29. The van der Waals surface area contributed by atoms with Gasteiger partial charge < -0.3 is 15.2 Å². The molecule has 0 bridgehead atoms. The van der Waals surface area contributed by atoms with Gasteiger partial charge in [-0.1, -0.05) is 6.92 Å². The first-order chi connectivity index (χ1) is 5.41. The van der Waals surface area contributed by atoms with E-state index < -0.39 is 0 Å². The van der Waals surface area contributed by atoms with Crippen molar-refractivity contribution in [3.05, 3.63) is 0 Å². The summed E-state index contributed by atoms with van der Waals surface area (Å²) < 4.78 is 10.2. The summed E-state index contributed by atoms with van der Waals surface area (Å²) in [5.74, 6) is 0. The van der Waals surface area contributed by atoms with Crippen LogP contribution >= 0.6 is 0 Å². The van der Waals surface area contributed by atoms with E-state index in [-0.39, 0.29) is 0 Å². The molecule has 0 saturated heterocycles. The maximum Gasteiger partial charge on any atom is 0.0940 e. The molecule has 2 N–H and O–H groups in total. The molecule has 0 atom stereocenters. The molecule has 0 amide bonds. The SMILES string of the molecule is CCCOCCCCOCN. The predicted molar refractivity (Wildman–Crippen MR) is 45.4 cm³/mol. The number of hydrogen-bond donors (Lipinski definition) is 1. The van der Waals surface area contributed by atoms with Crippen LogP contribution in [-0.2, 0) is 9.47 Å². The normalized spacial score (nSPS) is 10.4. The van der Waals surface area contributed by atoms with Gasteiger partial charge in [0.1, 0.15) is 0 Å². The van der Waals surface area contributed by atoms with Crippen molar-refractivity contribution in [1.29, 1.82) is 0 Å². The molecule has 0 aliphatic carbocycles. The molecule has 0 fully saturated rings. The van der Waals surface area contributed by atoms with E-state index in [1.165, 1.54) is 0 Å². The number of rotatable bonds is 8. The summed E-state index contributed by atoms with van der Waals surface area (Å²) in [6, 6.07) is 0. The van der Waals surface area contributed by atoms with Crippen molar-refractivity contribution in [2.24, 2.45) is 5.73 Å². The Labute approximate surface area is 68.9 Å². The lowest BCUT2D eigenvalue weighted by atomic mass is 10.3. The highest BCUT2D eigenvalue weighted by atomic mass is 16.5. The van der Waals surface area contributed by atoms with Gasteiger partial charge in [0.15, 0.2) is 0 Å². The summed E-state index contributed by atoms with van der Waals surface area (Å²) >= 11 is 0. The van der Waals surface area contributed by atoms with E-state index in [1.807, 2.05) is 0 Å². The summed E-state index contributed by atoms with van der Waals surface area (Å²) in [5, 5.41) is 0. The fourth-order valence-corrected chi connectivity index (χ4v) is 0.738. The summed E-state index contributed by atoms with van der Waals surface area (Å²) in [7, 11) is 0. The number of hydrogen-bond acceptors (Lipinski definition) is 3. The Kier molecular flexibility index (Phi) is 9.77. The van der Waals surface area contributed by atoms with Gasteiger partial charge in [0, 0.05) is 19.8 Å². The van der Waals surface area contributed by atoms with Crippen LogP contribution < -0.4 is 5.73 Å². The Bertz CT molecular complexity index is 61.1. The van der Waals surface area contributed by atoms with Gasteiger partial charge in [0.2, 0.25) is 0 Å². The molecule has 0 spiro atoms. The van der Waals surface area contributed by atoms with Crippen LogP contribution in [0.4, 0.5) is 0 Å². The molecule has 0 heterocycles. The lowest BCUT2D eigenvalue weighted by Crippen LogP contribution is -2.06. The maximum atomic E-state index is 5.28. The van der Waals surface area contributed by atoms with Gasteiger partial charge >= 0.3 is 0 Å². The molecule has 11 heavy (non-hydrogen) atoms. The summed E-state index contributed by atoms with van der Waals surface area (Å²) in [5.41, 5.74) is 5.14. The number of ether oxygens (including phenoxy) is 2. The molecule has 0 unspecified atom stereocenters. The zero-order chi connectivity index (χ0) is 8.36. The van der Waals surface area contributed by atoms with Crippen molar-refractivity contribution in [3.63, 3.8) is 0 Å². The minimum Gasteiger partial charge on any atom is -0.381 e. The first-order valence-electron chi connectivity index (χ1n) is 4.27. The van der Waals surface area contributed by atoms with E-state index in [9.17, 15) is 0 Å². The third-order valence-electron chi connectivity index (χ3n) is 1.29. The first-order valence-corrected chi connectivity index (χ1v) is 4.27. The lowest BCUT2D eigenvalue weighted by Gasteiger charge is -2.02. The van der Waals surface area contributed by atoms with E-state index >= 15 is 0 Å². The highest BCUT2D eigenvalue weighted by Gasteiger charge is 1.88. The molecule has 0 aromatic carbocycles. The van der Waals surface area contributed by atoms with E-state index in [1.54, 1.807) is 0 Å². The summed E-state index contributed by atoms with van der Waals surface area (Å²) in [6.07, 6.45) is 3.21. The van der Waals surface area contributed by atoms with Crippen LogP contribution in [0.2, 0.25) is 0 Å². The van der Waals surface area contributed by atoms with Crippen molar-refractivity contribution in [2.45, 2.75) is 26.2 Å². The van der Waals surface area contributed by atoms with E-state index in [0.29, 0.717) is 6.73 Å². The van der Waals surface area contributed by atoms with Crippen molar-refractivity contribution in [1.82, 2.24) is 0 Å². The summed E-state index contributed by atoms with van der Waals surface area (Å²) in [6.45, 7) is 4.92. The second kappa shape index (κ2) is 9.88. The lowest BCUT2D eigenvalue weighted by molar-refractivity contribution is 0.106.